The summed E-state index contributed by atoms with van der Waals surface area (Å²) in [5.74, 6) is -4.70. The zero-order valence-corrected chi connectivity index (χ0v) is 12.4. The van der Waals surface area contributed by atoms with Crippen LogP contribution < -0.4 is 11.1 Å². The van der Waals surface area contributed by atoms with E-state index in [1.807, 2.05) is 0 Å². The molecule has 0 saturated heterocycles. The number of hydrogen-bond donors (Lipinski definition) is 2. The molecule has 7 heteroatoms. The minimum absolute atomic E-state index is 0.102. The first-order chi connectivity index (χ1) is 11.4. The Bertz CT molecular complexity index is 818. The maximum atomic E-state index is 13.7. The Balaban J connectivity index is 1.74. The minimum Gasteiger partial charge on any atom is -0.366 e. The molecule has 2 unspecified atom stereocenters. The standard InChI is InChI=1S/C17H13F3N2O2/c18-12-5-4-8(6-11(12)16(21)23)22-17(24)10-7-9(10)15-13(19)2-1-3-14(15)20/h1-6,9-10H,7H2,(H2,21,23)(H,22,24). The molecule has 0 bridgehead atoms. The quantitative estimate of drug-likeness (QED) is 0.902. The maximum absolute atomic E-state index is 13.7. The van der Waals surface area contributed by atoms with Gasteiger partial charge in [-0.2, -0.15) is 0 Å². The van der Waals surface area contributed by atoms with Gasteiger partial charge in [0.15, 0.2) is 0 Å². The first-order valence-electron chi connectivity index (χ1n) is 7.22. The summed E-state index contributed by atoms with van der Waals surface area (Å²) < 4.78 is 40.9. The molecule has 124 valence electrons. The fraction of sp³-hybridized carbons (Fsp3) is 0.176. The van der Waals surface area contributed by atoms with Crippen molar-refractivity contribution in [2.75, 3.05) is 5.32 Å². The van der Waals surface area contributed by atoms with Crippen LogP contribution in [0.3, 0.4) is 0 Å². The van der Waals surface area contributed by atoms with Crippen LogP contribution in [0, 0.1) is 23.4 Å². The number of halogens is 3. The summed E-state index contributed by atoms with van der Waals surface area (Å²) in [5, 5.41) is 2.51. The second-order valence-corrected chi connectivity index (χ2v) is 5.63. The van der Waals surface area contributed by atoms with E-state index in [0.717, 1.165) is 24.3 Å². The van der Waals surface area contributed by atoms with E-state index < -0.39 is 41.1 Å². The third-order valence-electron chi connectivity index (χ3n) is 4.00. The molecule has 0 heterocycles. The van der Waals surface area contributed by atoms with Crippen LogP contribution >= 0.6 is 0 Å². The predicted octanol–water partition coefficient (Wildman–Crippen LogP) is 2.95. The molecule has 0 spiro atoms. The van der Waals surface area contributed by atoms with Gasteiger partial charge in [0.05, 0.1) is 5.56 Å². The molecule has 1 fully saturated rings. The number of benzene rings is 2. The lowest BCUT2D eigenvalue weighted by Gasteiger charge is -2.08. The molecule has 0 radical (unpaired) electrons. The Labute approximate surface area is 135 Å². The first-order valence-corrected chi connectivity index (χ1v) is 7.22. The van der Waals surface area contributed by atoms with Crippen molar-refractivity contribution in [1.29, 1.82) is 0 Å². The van der Waals surface area contributed by atoms with Crippen LogP contribution in [-0.2, 0) is 4.79 Å². The summed E-state index contributed by atoms with van der Waals surface area (Å²) in [6.07, 6.45) is 0.313. The highest BCUT2D eigenvalue weighted by atomic mass is 19.1. The van der Waals surface area contributed by atoms with E-state index in [1.165, 1.54) is 12.1 Å². The van der Waals surface area contributed by atoms with E-state index >= 15 is 0 Å². The number of carbonyl (C=O) groups excluding carboxylic acids is 2. The molecule has 24 heavy (non-hydrogen) atoms. The highest BCUT2D eigenvalue weighted by Gasteiger charge is 2.46. The summed E-state index contributed by atoms with van der Waals surface area (Å²) >= 11 is 0. The van der Waals surface area contributed by atoms with E-state index in [1.54, 1.807) is 0 Å². The Morgan fingerprint density at radius 3 is 2.33 bits per heavy atom. The van der Waals surface area contributed by atoms with Crippen molar-refractivity contribution in [3.63, 3.8) is 0 Å². The van der Waals surface area contributed by atoms with Crippen LogP contribution in [0.25, 0.3) is 0 Å². The normalized spacial score (nSPS) is 19.0. The maximum Gasteiger partial charge on any atom is 0.251 e. The first kappa shape index (κ1) is 16.0. The fourth-order valence-electron chi connectivity index (χ4n) is 2.70. The van der Waals surface area contributed by atoms with Crippen molar-refractivity contribution in [1.82, 2.24) is 0 Å². The van der Waals surface area contributed by atoms with E-state index in [0.29, 0.717) is 6.42 Å². The number of nitrogens with two attached hydrogens (primary N) is 1. The van der Waals surface area contributed by atoms with Crippen LogP contribution in [0.5, 0.6) is 0 Å². The Morgan fingerprint density at radius 2 is 1.71 bits per heavy atom. The van der Waals surface area contributed by atoms with Gasteiger partial charge >= 0.3 is 0 Å². The van der Waals surface area contributed by atoms with Gasteiger partial charge in [-0.15, -0.1) is 0 Å². The number of hydrogen-bond acceptors (Lipinski definition) is 2. The smallest absolute Gasteiger partial charge is 0.251 e. The van der Waals surface area contributed by atoms with Gasteiger partial charge in [0.2, 0.25) is 5.91 Å². The highest BCUT2D eigenvalue weighted by molar-refractivity contribution is 5.98. The van der Waals surface area contributed by atoms with Gasteiger partial charge < -0.3 is 11.1 Å². The molecular weight excluding hydrogens is 321 g/mol. The molecule has 2 amide bonds. The van der Waals surface area contributed by atoms with Crippen LogP contribution in [0.2, 0.25) is 0 Å². The van der Waals surface area contributed by atoms with Gasteiger partial charge in [0, 0.05) is 23.1 Å². The molecule has 2 aromatic rings. The third kappa shape index (κ3) is 2.97. The predicted molar refractivity (Wildman–Crippen MR) is 80.8 cm³/mol. The monoisotopic (exact) mass is 334 g/mol. The minimum atomic E-state index is -0.957. The zero-order chi connectivity index (χ0) is 17.4. The molecule has 2 aromatic carbocycles. The van der Waals surface area contributed by atoms with E-state index in [4.69, 9.17) is 5.73 Å². The summed E-state index contributed by atoms with van der Waals surface area (Å²) in [6, 6.07) is 6.96. The zero-order valence-electron chi connectivity index (χ0n) is 12.4. The number of nitrogens with one attached hydrogen (secondary N) is 1. The lowest BCUT2D eigenvalue weighted by atomic mass is 10.1. The van der Waals surface area contributed by atoms with Crippen molar-refractivity contribution >= 4 is 17.5 Å². The molecule has 1 aliphatic rings. The van der Waals surface area contributed by atoms with Gasteiger partial charge in [-0.1, -0.05) is 6.07 Å². The van der Waals surface area contributed by atoms with E-state index in [9.17, 15) is 22.8 Å². The largest absolute Gasteiger partial charge is 0.366 e. The number of primary amides is 1. The topological polar surface area (TPSA) is 72.2 Å². The van der Waals surface area contributed by atoms with Gasteiger partial charge in [-0.05, 0) is 36.8 Å². The summed E-state index contributed by atoms with van der Waals surface area (Å²) in [5.41, 5.74) is 4.78. The number of amides is 2. The molecular formula is C17H13F3N2O2. The molecule has 1 aliphatic carbocycles. The van der Waals surface area contributed by atoms with Crippen molar-refractivity contribution in [2.24, 2.45) is 11.7 Å². The molecule has 2 atom stereocenters. The second-order valence-electron chi connectivity index (χ2n) is 5.63. The average Bonchev–Trinajstić information content (AvgIpc) is 3.29. The summed E-state index contributed by atoms with van der Waals surface area (Å²) in [7, 11) is 0. The van der Waals surface area contributed by atoms with Gasteiger partial charge in [0.1, 0.15) is 17.5 Å². The van der Waals surface area contributed by atoms with E-state index in [2.05, 4.69) is 5.32 Å². The molecule has 0 aliphatic heterocycles. The third-order valence-corrected chi connectivity index (χ3v) is 4.00. The number of carbonyl (C=O) groups is 2. The average molecular weight is 334 g/mol. The molecule has 3 rings (SSSR count). The van der Waals surface area contributed by atoms with Crippen molar-refractivity contribution in [2.45, 2.75) is 12.3 Å². The highest BCUT2D eigenvalue weighted by Crippen LogP contribution is 2.49. The molecule has 0 aromatic heterocycles. The lowest BCUT2D eigenvalue weighted by Crippen LogP contribution is -2.17. The van der Waals surface area contributed by atoms with Crippen LogP contribution in [0.4, 0.5) is 18.9 Å². The van der Waals surface area contributed by atoms with Gasteiger partial charge in [0.25, 0.3) is 5.91 Å². The Kier molecular flexibility index (Phi) is 4.01. The van der Waals surface area contributed by atoms with Crippen molar-refractivity contribution < 1.29 is 22.8 Å². The Hall–Kier alpha value is -2.83. The number of anilines is 1. The van der Waals surface area contributed by atoms with Crippen molar-refractivity contribution in [3.05, 3.63) is 65.0 Å². The van der Waals surface area contributed by atoms with Crippen LogP contribution in [-0.4, -0.2) is 11.8 Å². The SMILES string of the molecule is NC(=O)c1cc(NC(=O)C2CC2c2c(F)cccc2F)ccc1F. The van der Waals surface area contributed by atoms with Crippen molar-refractivity contribution in [3.8, 4) is 0 Å². The second kappa shape index (κ2) is 5.99. The fourth-order valence-corrected chi connectivity index (χ4v) is 2.70. The summed E-state index contributed by atoms with van der Waals surface area (Å²) in [4.78, 5) is 23.3. The van der Waals surface area contributed by atoms with Crippen LogP contribution in [0.1, 0.15) is 28.3 Å². The molecule has 1 saturated carbocycles. The van der Waals surface area contributed by atoms with Crippen LogP contribution in [0.15, 0.2) is 36.4 Å². The summed E-state index contributed by atoms with van der Waals surface area (Å²) in [6.45, 7) is 0. The number of rotatable bonds is 4. The van der Waals surface area contributed by atoms with Gasteiger partial charge in [-0.3, -0.25) is 9.59 Å². The van der Waals surface area contributed by atoms with Gasteiger partial charge in [-0.25, -0.2) is 13.2 Å². The Morgan fingerprint density at radius 1 is 1.04 bits per heavy atom. The van der Waals surface area contributed by atoms with E-state index in [-0.39, 0.29) is 16.8 Å². The molecule has 3 N–H and O–H groups in total. The molecule has 4 nitrogen and oxygen atoms in total. The lowest BCUT2D eigenvalue weighted by molar-refractivity contribution is -0.117.